The smallest absolute Gasteiger partial charge is 0.512 e. The van der Waals surface area contributed by atoms with Gasteiger partial charge in [0, 0.05) is 0 Å². The van der Waals surface area contributed by atoms with Crippen molar-refractivity contribution in [3.05, 3.63) is 13.1 Å². The summed E-state index contributed by atoms with van der Waals surface area (Å²) in [5, 5.41) is 12.5. The van der Waals surface area contributed by atoms with Gasteiger partial charge in [0.25, 0.3) is 0 Å². The summed E-state index contributed by atoms with van der Waals surface area (Å²) in [5.41, 5.74) is 0. The van der Waals surface area contributed by atoms with Crippen LogP contribution in [0.1, 0.15) is 0 Å². The molecular weight excluding hydrogens is 90.3 g/mol. The van der Waals surface area contributed by atoms with Gasteiger partial charge in [-0.3, -0.25) is 0 Å². The fourth-order valence-electron chi connectivity index (χ4n) is 0. The Morgan fingerprint density at radius 1 is 0.833 bits per heavy atom. The third-order valence-electron chi connectivity index (χ3n) is 0. The Bertz CT molecular complexity index is 24.3. The van der Waals surface area contributed by atoms with Crippen LogP contribution in [0.4, 0.5) is 0 Å². The van der Waals surface area contributed by atoms with Crippen LogP contribution in [-0.2, 0) is 0 Å². The van der Waals surface area contributed by atoms with Crippen LogP contribution in [0.3, 0.4) is 0 Å². The third-order valence-corrected chi connectivity index (χ3v) is 0. The first kappa shape index (κ1) is 43.4. The van der Waals surface area contributed by atoms with Crippen LogP contribution in [0.5, 0.6) is 0 Å². The van der Waals surface area contributed by atoms with Gasteiger partial charge in [0.05, 0.1) is 0 Å². The average Bonchev–Trinajstić information content (AvgIpc) is 1.50. The van der Waals surface area contributed by atoms with Crippen LogP contribution in [0, 0.1) is 23.7 Å². The van der Waals surface area contributed by atoms with Crippen molar-refractivity contribution < 1.29 is 0 Å². The van der Waals surface area contributed by atoms with Gasteiger partial charge in [0.1, 0.15) is 0 Å². The molecule has 0 aliphatic heterocycles. The van der Waals surface area contributed by atoms with E-state index in [1.807, 2.05) is 0 Å². The van der Waals surface area contributed by atoms with Gasteiger partial charge in [-0.25, -0.2) is 0 Å². The number of nitrogens with zero attached hydrogens (tertiary/aromatic N) is 2. The van der Waals surface area contributed by atoms with Crippen molar-refractivity contribution in [2.45, 2.75) is 0 Å². The van der Waals surface area contributed by atoms with Crippen molar-refractivity contribution in [2.24, 2.45) is 0 Å². The van der Waals surface area contributed by atoms with Crippen molar-refractivity contribution >= 4 is 23.1 Å². The fourth-order valence-corrected chi connectivity index (χ4v) is 0. The zero-order valence-corrected chi connectivity index (χ0v) is 4.72. The Morgan fingerprint density at radius 3 is 0.833 bits per heavy atom. The summed E-state index contributed by atoms with van der Waals surface area (Å²) in [7, 11) is 0. The molecule has 0 heterocycles. The zero-order chi connectivity index (χ0) is 4.00. The first-order valence-electron chi connectivity index (χ1n) is 0.447. The topological polar surface area (TPSA) is 82.6 Å². The molecular formula is C2H3MgN3. The summed E-state index contributed by atoms with van der Waals surface area (Å²) in [6, 6.07) is 0. The quantitative estimate of drug-likeness (QED) is 0.337. The largest absolute Gasteiger partial charge is 2.00 e. The Morgan fingerprint density at radius 2 is 0.833 bits per heavy atom. The Hall–Kier alpha value is -0.294. The molecule has 0 aromatic rings. The van der Waals surface area contributed by atoms with Crippen LogP contribution in [0.25, 0.3) is 0 Å². The van der Waals surface area contributed by atoms with E-state index in [1.165, 1.54) is 0 Å². The summed E-state index contributed by atoms with van der Waals surface area (Å²) in [6.45, 7) is 9.50. The summed E-state index contributed by atoms with van der Waals surface area (Å²) in [6.07, 6.45) is 0. The van der Waals surface area contributed by atoms with Crippen molar-refractivity contribution in [1.82, 2.24) is 6.15 Å². The van der Waals surface area contributed by atoms with Crippen molar-refractivity contribution in [2.75, 3.05) is 0 Å². The minimum atomic E-state index is 0. The molecule has 0 aliphatic rings. The van der Waals surface area contributed by atoms with Gasteiger partial charge in [-0.1, -0.05) is 0 Å². The summed E-state index contributed by atoms with van der Waals surface area (Å²) >= 11 is 0. The summed E-state index contributed by atoms with van der Waals surface area (Å²) < 4.78 is 0. The van der Waals surface area contributed by atoms with Crippen molar-refractivity contribution in [1.29, 1.82) is 10.5 Å². The van der Waals surface area contributed by atoms with Crippen LogP contribution >= 0.6 is 0 Å². The van der Waals surface area contributed by atoms with E-state index >= 15 is 0 Å². The van der Waals surface area contributed by atoms with E-state index in [0.29, 0.717) is 0 Å². The SMILES string of the molecule is N.[C-]#N.[C-]#N.[Mg+2]. The zero-order valence-electron chi connectivity index (χ0n) is 3.31. The second-order valence-corrected chi connectivity index (χ2v) is 0. The molecule has 0 fully saturated rings. The minimum Gasteiger partial charge on any atom is -0.512 e. The Labute approximate surface area is 53.3 Å². The first-order chi connectivity index (χ1) is 2.00. The van der Waals surface area contributed by atoms with E-state index in [0.717, 1.165) is 0 Å². The minimum absolute atomic E-state index is 0. The van der Waals surface area contributed by atoms with Crippen LogP contribution in [0.2, 0.25) is 0 Å². The Balaban J connectivity index is -0.00000000500. The molecule has 0 spiro atoms. The number of hydrogen-bond acceptors (Lipinski definition) is 3. The average molecular weight is 93.4 g/mol. The molecule has 3 nitrogen and oxygen atoms in total. The van der Waals surface area contributed by atoms with Gasteiger partial charge in [0.2, 0.25) is 0 Å². The van der Waals surface area contributed by atoms with E-state index in [4.69, 9.17) is 23.7 Å². The molecule has 0 unspecified atom stereocenters. The number of hydrogen-bond donors (Lipinski definition) is 1. The first-order valence-corrected chi connectivity index (χ1v) is 0.447. The molecule has 0 saturated carbocycles. The maximum Gasteiger partial charge on any atom is 2.00 e. The molecule has 0 atom stereocenters. The van der Waals surface area contributed by atoms with Crippen molar-refractivity contribution in [3.63, 3.8) is 0 Å². The van der Waals surface area contributed by atoms with E-state index < -0.39 is 0 Å². The Kier molecular flexibility index (Phi) is 5420. The van der Waals surface area contributed by atoms with Gasteiger partial charge in [-0.15, -0.1) is 0 Å². The molecule has 3 N–H and O–H groups in total. The van der Waals surface area contributed by atoms with Gasteiger partial charge >= 0.3 is 23.1 Å². The third kappa shape index (κ3) is 315. The maximum absolute atomic E-state index is 6.25. The van der Waals surface area contributed by atoms with Gasteiger partial charge in [-0.2, -0.15) is 0 Å². The standard InChI is InChI=1S/2CN.Mg.H3N/c2*1-2;;/h;;;1H3/q2*-1;+2;. The molecule has 0 bridgehead atoms. The second kappa shape index (κ2) is 749. The molecule has 0 amide bonds. The molecule has 4 heteroatoms. The monoisotopic (exact) mass is 93.0 g/mol. The predicted molar refractivity (Wildman–Crippen MR) is 20.7 cm³/mol. The summed E-state index contributed by atoms with van der Waals surface area (Å²) in [5.74, 6) is 0. The molecule has 0 radical (unpaired) electrons. The molecule has 0 saturated heterocycles. The van der Waals surface area contributed by atoms with E-state index in [2.05, 4.69) is 0 Å². The molecule has 28 valence electrons. The summed E-state index contributed by atoms with van der Waals surface area (Å²) in [4.78, 5) is 0. The van der Waals surface area contributed by atoms with E-state index in [1.54, 1.807) is 0 Å². The van der Waals surface area contributed by atoms with Crippen LogP contribution < -0.4 is 6.15 Å². The van der Waals surface area contributed by atoms with Gasteiger partial charge in [0.15, 0.2) is 0 Å². The molecule has 0 aromatic carbocycles. The molecule has 0 aliphatic carbocycles. The van der Waals surface area contributed by atoms with Gasteiger partial charge in [-0.05, 0) is 0 Å². The molecule has 6 heavy (non-hydrogen) atoms. The normalized spacial score (nSPS) is 0.667. The maximum atomic E-state index is 6.25. The van der Waals surface area contributed by atoms with Crippen LogP contribution in [-0.4, -0.2) is 23.1 Å². The van der Waals surface area contributed by atoms with E-state index in [9.17, 15) is 0 Å². The van der Waals surface area contributed by atoms with Gasteiger partial charge < -0.3 is 29.8 Å². The van der Waals surface area contributed by atoms with E-state index in [-0.39, 0.29) is 29.2 Å². The van der Waals surface area contributed by atoms with Crippen LogP contribution in [0.15, 0.2) is 0 Å². The van der Waals surface area contributed by atoms with Crippen molar-refractivity contribution in [3.8, 4) is 0 Å². The predicted octanol–water partition coefficient (Wildman–Crippen LogP) is -0.0261. The molecule has 0 rings (SSSR count). The second-order valence-electron chi connectivity index (χ2n) is 0. The fraction of sp³-hybridized carbons (Fsp3) is 0. The number of rotatable bonds is 0. The molecule has 0 aromatic heterocycles.